The van der Waals surface area contributed by atoms with E-state index in [1.807, 2.05) is 13.1 Å². The van der Waals surface area contributed by atoms with E-state index in [4.69, 9.17) is 9.72 Å². The molecule has 1 fully saturated rings. The molecule has 0 spiro atoms. The summed E-state index contributed by atoms with van der Waals surface area (Å²) in [5.41, 5.74) is 3.43. The third-order valence-corrected chi connectivity index (χ3v) is 5.78. The number of methoxy groups -OCH3 is 1. The van der Waals surface area contributed by atoms with Gasteiger partial charge in [0.2, 0.25) is 5.91 Å². The van der Waals surface area contributed by atoms with Gasteiger partial charge in [-0.15, -0.1) is 0 Å². The Morgan fingerprint density at radius 2 is 2.17 bits per heavy atom. The lowest BCUT2D eigenvalue weighted by molar-refractivity contribution is -0.128. The van der Waals surface area contributed by atoms with Gasteiger partial charge in [-0.25, -0.2) is 9.97 Å². The van der Waals surface area contributed by atoms with Gasteiger partial charge in [0.25, 0.3) is 0 Å². The number of nitrogens with zero attached hydrogens (tertiary/aromatic N) is 4. The highest BCUT2D eigenvalue weighted by Gasteiger charge is 2.24. The Bertz CT molecular complexity index is 886. The number of ether oxygens (including phenoxy) is 1. The fourth-order valence-electron chi connectivity index (χ4n) is 4.06. The van der Waals surface area contributed by atoms with Crippen molar-refractivity contribution in [3.8, 4) is 5.75 Å². The van der Waals surface area contributed by atoms with Gasteiger partial charge in [-0.3, -0.25) is 9.69 Å². The van der Waals surface area contributed by atoms with Crippen molar-refractivity contribution >= 4 is 11.7 Å². The summed E-state index contributed by atoms with van der Waals surface area (Å²) in [6.07, 6.45) is 2.23. The molecule has 30 heavy (non-hydrogen) atoms. The highest BCUT2D eigenvalue weighted by atomic mass is 16.5. The first-order chi connectivity index (χ1) is 14.4. The third kappa shape index (κ3) is 5.27. The van der Waals surface area contributed by atoms with Gasteiger partial charge in [-0.1, -0.05) is 18.2 Å². The van der Waals surface area contributed by atoms with Crippen LogP contribution in [-0.4, -0.2) is 60.0 Å². The van der Waals surface area contributed by atoms with E-state index in [1.165, 1.54) is 5.56 Å². The van der Waals surface area contributed by atoms with E-state index in [9.17, 15) is 4.79 Å². The maximum Gasteiger partial charge on any atom is 0.219 e. The van der Waals surface area contributed by atoms with Gasteiger partial charge in [0.05, 0.1) is 19.3 Å². The second-order valence-electron chi connectivity index (χ2n) is 8.06. The van der Waals surface area contributed by atoms with Crippen molar-refractivity contribution in [3.63, 3.8) is 0 Å². The fourth-order valence-corrected chi connectivity index (χ4v) is 4.06. The van der Waals surface area contributed by atoms with Crippen LogP contribution in [0.4, 0.5) is 5.82 Å². The molecule has 0 bridgehead atoms. The molecule has 7 heteroatoms. The molecule has 1 unspecified atom stereocenters. The number of carbonyl (C=O) groups is 1. The lowest BCUT2D eigenvalue weighted by Gasteiger charge is -2.33. The van der Waals surface area contributed by atoms with Crippen LogP contribution in [0.2, 0.25) is 0 Å². The zero-order valence-electron chi connectivity index (χ0n) is 18.7. The monoisotopic (exact) mass is 411 g/mol. The molecule has 7 nitrogen and oxygen atoms in total. The van der Waals surface area contributed by atoms with Gasteiger partial charge >= 0.3 is 0 Å². The van der Waals surface area contributed by atoms with Crippen molar-refractivity contribution in [2.24, 2.45) is 0 Å². The van der Waals surface area contributed by atoms with E-state index < -0.39 is 0 Å². The van der Waals surface area contributed by atoms with Crippen LogP contribution in [-0.2, 0) is 17.9 Å². The van der Waals surface area contributed by atoms with E-state index in [-0.39, 0.29) is 5.91 Å². The van der Waals surface area contributed by atoms with Gasteiger partial charge in [0.1, 0.15) is 17.4 Å². The molecule has 2 aromatic rings. The zero-order valence-corrected chi connectivity index (χ0v) is 18.7. The maximum absolute atomic E-state index is 11.6. The van der Waals surface area contributed by atoms with Gasteiger partial charge in [0.15, 0.2) is 0 Å². The van der Waals surface area contributed by atoms with Crippen molar-refractivity contribution in [1.82, 2.24) is 19.8 Å². The number of hydrogen-bond donors (Lipinski definition) is 1. The van der Waals surface area contributed by atoms with Crippen molar-refractivity contribution in [1.29, 1.82) is 0 Å². The number of aryl methyl sites for hydroxylation is 1. The molecule has 1 saturated heterocycles. The Morgan fingerprint density at radius 3 is 2.87 bits per heavy atom. The number of aromatic nitrogens is 2. The predicted octanol–water partition coefficient (Wildman–Crippen LogP) is 3.19. The smallest absolute Gasteiger partial charge is 0.219 e. The average molecular weight is 412 g/mol. The topological polar surface area (TPSA) is 70.6 Å². The second-order valence-corrected chi connectivity index (χ2v) is 8.06. The minimum Gasteiger partial charge on any atom is -0.496 e. The van der Waals surface area contributed by atoms with Crippen LogP contribution in [0, 0.1) is 6.92 Å². The molecule has 1 aliphatic heterocycles. The first kappa shape index (κ1) is 22.0. The fraction of sp³-hybridized carbons (Fsp3) is 0.522. The van der Waals surface area contributed by atoms with Crippen molar-refractivity contribution < 1.29 is 9.53 Å². The van der Waals surface area contributed by atoms with Crippen molar-refractivity contribution in [3.05, 3.63) is 46.9 Å². The lowest BCUT2D eigenvalue weighted by Crippen LogP contribution is -2.34. The summed E-state index contributed by atoms with van der Waals surface area (Å²) in [5, 5.41) is 3.14. The molecule has 2 heterocycles. The number of piperidine rings is 1. The Labute approximate surface area is 179 Å². The summed E-state index contributed by atoms with van der Waals surface area (Å²) in [6.45, 7) is 6.93. The minimum absolute atomic E-state index is 0.00551. The molecule has 1 aromatic carbocycles. The van der Waals surface area contributed by atoms with Crippen LogP contribution in [0.15, 0.2) is 24.3 Å². The Morgan fingerprint density at radius 1 is 1.37 bits per heavy atom. The highest BCUT2D eigenvalue weighted by Crippen LogP contribution is 2.30. The molecule has 3 rings (SSSR count). The highest BCUT2D eigenvalue weighted by molar-refractivity contribution is 5.72. The molecular formula is C23H33N5O2. The van der Waals surface area contributed by atoms with Crippen molar-refractivity contribution in [2.45, 2.75) is 45.7 Å². The van der Waals surface area contributed by atoms with E-state index in [2.05, 4.69) is 40.3 Å². The molecule has 0 saturated carbocycles. The number of anilines is 1. The van der Waals surface area contributed by atoms with Crippen LogP contribution < -0.4 is 10.1 Å². The second kappa shape index (κ2) is 9.89. The van der Waals surface area contributed by atoms with Gasteiger partial charge in [0, 0.05) is 51.7 Å². The van der Waals surface area contributed by atoms with Crippen LogP contribution >= 0.6 is 0 Å². The number of nitrogens with one attached hydrogen (secondary N) is 1. The Kier molecular flexibility index (Phi) is 7.26. The summed E-state index contributed by atoms with van der Waals surface area (Å²) in [7, 11) is 5.38. The molecule has 162 valence electrons. The average Bonchev–Trinajstić information content (AvgIpc) is 2.73. The molecule has 0 aliphatic carbocycles. The van der Waals surface area contributed by atoms with E-state index in [0.717, 1.165) is 55.3 Å². The molecule has 1 N–H and O–H groups in total. The first-order valence-corrected chi connectivity index (χ1v) is 10.5. The van der Waals surface area contributed by atoms with Crippen LogP contribution in [0.3, 0.4) is 0 Å². The zero-order chi connectivity index (χ0) is 21.7. The van der Waals surface area contributed by atoms with Gasteiger partial charge in [-0.05, 0) is 31.9 Å². The quantitative estimate of drug-likeness (QED) is 0.755. The minimum atomic E-state index is 0.00551. The molecule has 1 atom stereocenters. The number of carbonyl (C=O) groups excluding carboxylic acids is 1. The Balaban J connectivity index is 1.78. The Hall–Kier alpha value is -2.67. The largest absolute Gasteiger partial charge is 0.496 e. The number of likely N-dealkylation sites (tertiary alicyclic amines) is 1. The number of hydrogen-bond acceptors (Lipinski definition) is 6. The molecule has 1 amide bonds. The number of amides is 1. The van der Waals surface area contributed by atoms with Gasteiger partial charge in [-0.2, -0.15) is 0 Å². The van der Waals surface area contributed by atoms with E-state index in [0.29, 0.717) is 18.3 Å². The summed E-state index contributed by atoms with van der Waals surface area (Å²) >= 11 is 0. The summed E-state index contributed by atoms with van der Waals surface area (Å²) < 4.78 is 5.64. The molecular weight excluding hydrogens is 378 g/mol. The standard InChI is InChI=1S/C23H33N5O2/c1-16-8-6-9-19(23(16)30-5)14-28-11-7-10-18(13-28)20-12-21(24-3)26-22(25-20)15-27(4)17(2)29/h6,8-9,12,18H,7,10-11,13-15H2,1-5H3,(H,24,25,26). The van der Waals surface area contributed by atoms with E-state index in [1.54, 1.807) is 26.0 Å². The molecule has 1 aliphatic rings. The van der Waals surface area contributed by atoms with Crippen LogP contribution in [0.1, 0.15) is 48.3 Å². The first-order valence-electron chi connectivity index (χ1n) is 10.5. The molecule has 0 radical (unpaired) electrons. The lowest BCUT2D eigenvalue weighted by atomic mass is 9.93. The third-order valence-electron chi connectivity index (χ3n) is 5.78. The molecule has 1 aromatic heterocycles. The summed E-state index contributed by atoms with van der Waals surface area (Å²) in [6, 6.07) is 8.37. The number of benzene rings is 1. The summed E-state index contributed by atoms with van der Waals surface area (Å²) in [5.74, 6) is 2.79. The predicted molar refractivity (Wildman–Crippen MR) is 119 cm³/mol. The summed E-state index contributed by atoms with van der Waals surface area (Å²) in [4.78, 5) is 25.1. The SMILES string of the molecule is CNc1cc(C2CCCN(Cc3cccc(C)c3OC)C2)nc(CN(C)C(C)=O)n1. The van der Waals surface area contributed by atoms with Gasteiger partial charge < -0.3 is 15.0 Å². The normalized spacial score (nSPS) is 16.9. The number of rotatable bonds is 7. The van der Waals surface area contributed by atoms with Crippen molar-refractivity contribution in [2.75, 3.05) is 39.6 Å². The van der Waals surface area contributed by atoms with E-state index >= 15 is 0 Å². The number of para-hydroxylation sites is 1. The maximum atomic E-state index is 11.6. The van der Waals surface area contributed by atoms with Crippen LogP contribution in [0.25, 0.3) is 0 Å². The van der Waals surface area contributed by atoms with Crippen LogP contribution in [0.5, 0.6) is 5.75 Å².